The van der Waals surface area contributed by atoms with Gasteiger partial charge in [-0.25, -0.2) is 4.79 Å². The zero-order chi connectivity index (χ0) is 17.4. The van der Waals surface area contributed by atoms with Gasteiger partial charge in [0.15, 0.2) is 0 Å². The summed E-state index contributed by atoms with van der Waals surface area (Å²) < 4.78 is 10.8. The maximum absolute atomic E-state index is 12.2. The van der Waals surface area contributed by atoms with Gasteiger partial charge in [-0.3, -0.25) is 4.79 Å². The third-order valence-electron chi connectivity index (χ3n) is 6.00. The van der Waals surface area contributed by atoms with Gasteiger partial charge in [-0.05, 0) is 55.1 Å². The maximum Gasteiger partial charge on any atom is 0.336 e. The van der Waals surface area contributed by atoms with Crippen LogP contribution in [0.3, 0.4) is 0 Å². The van der Waals surface area contributed by atoms with Gasteiger partial charge in [0.25, 0.3) is 0 Å². The lowest BCUT2D eigenvalue weighted by atomic mass is 9.86. The van der Waals surface area contributed by atoms with Crippen LogP contribution in [-0.2, 0) is 22.6 Å². The molecule has 0 spiro atoms. The number of rotatable bonds is 5. The van der Waals surface area contributed by atoms with E-state index >= 15 is 0 Å². The van der Waals surface area contributed by atoms with Crippen LogP contribution in [0.15, 0.2) is 33.5 Å². The first-order chi connectivity index (χ1) is 12.1. The molecule has 0 saturated heterocycles. The van der Waals surface area contributed by atoms with Crippen LogP contribution in [-0.4, -0.2) is 5.97 Å². The highest BCUT2D eigenvalue weighted by atomic mass is 16.5. The molecule has 25 heavy (non-hydrogen) atoms. The van der Waals surface area contributed by atoms with E-state index in [4.69, 9.17) is 9.15 Å². The Balaban J connectivity index is 1.45. The van der Waals surface area contributed by atoms with E-state index in [1.807, 2.05) is 18.2 Å². The van der Waals surface area contributed by atoms with Crippen LogP contribution in [0.4, 0.5) is 0 Å². The van der Waals surface area contributed by atoms with Gasteiger partial charge in [0.2, 0.25) is 0 Å². The lowest BCUT2D eigenvalue weighted by Gasteiger charge is -2.20. The van der Waals surface area contributed by atoms with E-state index in [1.54, 1.807) is 0 Å². The molecule has 1 aromatic carbocycles. The van der Waals surface area contributed by atoms with Crippen molar-refractivity contribution in [1.29, 1.82) is 0 Å². The summed E-state index contributed by atoms with van der Waals surface area (Å²) in [4.78, 5) is 24.1. The average molecular weight is 340 g/mol. The smallest absolute Gasteiger partial charge is 0.336 e. The van der Waals surface area contributed by atoms with Crippen LogP contribution in [0.1, 0.15) is 50.2 Å². The Labute approximate surface area is 147 Å². The Morgan fingerprint density at radius 2 is 2.12 bits per heavy atom. The molecular weight excluding hydrogens is 316 g/mol. The van der Waals surface area contributed by atoms with Gasteiger partial charge >= 0.3 is 11.6 Å². The first-order valence-electron chi connectivity index (χ1n) is 9.33. The second kappa shape index (κ2) is 6.66. The van der Waals surface area contributed by atoms with Crippen LogP contribution in [0, 0.1) is 17.8 Å². The van der Waals surface area contributed by atoms with E-state index in [9.17, 15) is 9.59 Å². The monoisotopic (exact) mass is 340 g/mol. The van der Waals surface area contributed by atoms with Gasteiger partial charge < -0.3 is 9.15 Å². The molecule has 1 aromatic heterocycles. The second-order valence-electron chi connectivity index (χ2n) is 7.57. The van der Waals surface area contributed by atoms with E-state index in [0.717, 1.165) is 34.8 Å². The number of fused-ring (bicyclic) bond motifs is 3. The fourth-order valence-corrected chi connectivity index (χ4v) is 4.67. The molecule has 2 saturated carbocycles. The summed E-state index contributed by atoms with van der Waals surface area (Å²) in [5.41, 5.74) is 1.99. The van der Waals surface area contributed by atoms with Gasteiger partial charge in [0.1, 0.15) is 12.2 Å². The summed E-state index contributed by atoms with van der Waals surface area (Å²) in [6.07, 6.45) is 6.47. The van der Waals surface area contributed by atoms with Crippen molar-refractivity contribution in [2.75, 3.05) is 0 Å². The molecule has 4 heteroatoms. The Hall–Kier alpha value is -2.10. The number of aryl methyl sites for hydroxylation is 1. The van der Waals surface area contributed by atoms with Crippen molar-refractivity contribution in [2.24, 2.45) is 17.8 Å². The molecule has 0 radical (unpaired) electrons. The molecule has 4 rings (SSSR count). The summed E-state index contributed by atoms with van der Waals surface area (Å²) >= 11 is 0. The Morgan fingerprint density at radius 1 is 1.24 bits per heavy atom. The molecule has 0 unspecified atom stereocenters. The topological polar surface area (TPSA) is 56.5 Å². The highest BCUT2D eigenvalue weighted by Gasteiger charge is 2.40. The molecular formula is C21H24O4. The summed E-state index contributed by atoms with van der Waals surface area (Å²) in [7, 11) is 0. The summed E-state index contributed by atoms with van der Waals surface area (Å²) in [6.45, 7) is 2.19. The van der Waals surface area contributed by atoms with Crippen molar-refractivity contribution in [3.8, 4) is 0 Å². The number of carbonyl (C=O) groups excluding carboxylic acids is 1. The van der Waals surface area contributed by atoms with Crippen LogP contribution >= 0.6 is 0 Å². The highest BCUT2D eigenvalue weighted by molar-refractivity contribution is 5.81. The van der Waals surface area contributed by atoms with Crippen LogP contribution in [0.5, 0.6) is 0 Å². The largest absolute Gasteiger partial charge is 0.461 e. The molecule has 2 aliphatic rings. The fourth-order valence-electron chi connectivity index (χ4n) is 4.67. The molecule has 132 valence electrons. The zero-order valence-electron chi connectivity index (χ0n) is 14.6. The minimum Gasteiger partial charge on any atom is -0.461 e. The molecule has 4 nitrogen and oxygen atoms in total. The van der Waals surface area contributed by atoms with Crippen LogP contribution < -0.4 is 5.63 Å². The van der Waals surface area contributed by atoms with E-state index < -0.39 is 5.63 Å². The summed E-state index contributed by atoms with van der Waals surface area (Å²) in [6, 6.07) is 7.27. The maximum atomic E-state index is 12.2. The minimum atomic E-state index is -0.403. The number of benzene rings is 1. The van der Waals surface area contributed by atoms with E-state index in [1.165, 1.54) is 31.7 Å². The molecule has 0 N–H and O–H groups in total. The SMILES string of the molecule is CCc1ccc2c(COC(=O)C[C@@H]3C[C@@H]4CC[C@@H]3C4)cc(=O)oc2c1. The van der Waals surface area contributed by atoms with Crippen LogP contribution in [0.2, 0.25) is 0 Å². The Bertz CT molecular complexity index is 851. The summed E-state index contributed by atoms with van der Waals surface area (Å²) in [5.74, 6) is 1.90. The minimum absolute atomic E-state index is 0.132. The predicted molar refractivity (Wildman–Crippen MR) is 95.2 cm³/mol. The van der Waals surface area contributed by atoms with Gasteiger partial charge in [-0.15, -0.1) is 0 Å². The van der Waals surface area contributed by atoms with Gasteiger partial charge in [0.05, 0.1) is 0 Å². The molecule has 3 atom stereocenters. The highest BCUT2D eigenvalue weighted by Crippen LogP contribution is 2.49. The van der Waals surface area contributed by atoms with E-state index in [-0.39, 0.29) is 12.6 Å². The zero-order valence-corrected chi connectivity index (χ0v) is 14.6. The number of esters is 1. The molecule has 2 fully saturated rings. The molecule has 2 aromatic rings. The molecule has 0 amide bonds. The van der Waals surface area contributed by atoms with E-state index in [0.29, 0.717) is 17.9 Å². The standard InChI is InChI=1S/C21H24O4/c1-2-13-4-6-18-17(11-21(23)25-19(18)9-13)12-24-20(22)10-16-8-14-3-5-15(16)7-14/h4,6,9,11,14-16H,2-3,5,7-8,10,12H2,1H3/t14-,15-,16+/m1/s1. The third kappa shape index (κ3) is 3.35. The lowest BCUT2D eigenvalue weighted by Crippen LogP contribution is -2.17. The Kier molecular flexibility index (Phi) is 4.36. The summed E-state index contributed by atoms with van der Waals surface area (Å²) in [5, 5.41) is 0.838. The van der Waals surface area contributed by atoms with Crippen molar-refractivity contribution in [1.82, 2.24) is 0 Å². The van der Waals surface area contributed by atoms with Gasteiger partial charge in [-0.2, -0.15) is 0 Å². The van der Waals surface area contributed by atoms with Crippen LogP contribution in [0.25, 0.3) is 11.0 Å². The van der Waals surface area contributed by atoms with Crippen molar-refractivity contribution in [3.05, 3.63) is 45.8 Å². The van der Waals surface area contributed by atoms with E-state index in [2.05, 4.69) is 6.92 Å². The molecule has 0 aliphatic heterocycles. The first-order valence-corrected chi connectivity index (χ1v) is 9.33. The van der Waals surface area contributed by atoms with Crippen molar-refractivity contribution in [2.45, 2.75) is 52.1 Å². The number of ether oxygens (including phenoxy) is 1. The Morgan fingerprint density at radius 3 is 2.84 bits per heavy atom. The average Bonchev–Trinajstić information content (AvgIpc) is 3.21. The third-order valence-corrected chi connectivity index (χ3v) is 6.00. The van der Waals surface area contributed by atoms with Gasteiger partial charge in [0, 0.05) is 23.4 Å². The quantitative estimate of drug-likeness (QED) is 0.604. The first kappa shape index (κ1) is 16.4. The normalized spacial score (nSPS) is 24.8. The number of carbonyl (C=O) groups is 1. The number of hydrogen-bond acceptors (Lipinski definition) is 4. The lowest BCUT2D eigenvalue weighted by molar-refractivity contribution is -0.146. The van der Waals surface area contributed by atoms with Crippen molar-refractivity contribution < 1.29 is 13.9 Å². The van der Waals surface area contributed by atoms with Crippen molar-refractivity contribution in [3.63, 3.8) is 0 Å². The second-order valence-corrected chi connectivity index (χ2v) is 7.57. The molecule has 2 bridgehead atoms. The molecule has 2 aliphatic carbocycles. The fraction of sp³-hybridized carbons (Fsp3) is 0.524. The predicted octanol–water partition coefficient (Wildman–Crippen LogP) is 4.22. The molecule has 1 heterocycles. The van der Waals surface area contributed by atoms with Crippen molar-refractivity contribution >= 4 is 16.9 Å². The number of hydrogen-bond donors (Lipinski definition) is 0. The van der Waals surface area contributed by atoms with Gasteiger partial charge in [-0.1, -0.05) is 25.5 Å².